The van der Waals surface area contributed by atoms with E-state index >= 15 is 4.39 Å². The normalized spacial score (nSPS) is 21.2. The highest BCUT2D eigenvalue weighted by atomic mass is 19.4. The number of H-pyrrole nitrogens is 1. The molecule has 0 saturated carbocycles. The zero-order valence-electron chi connectivity index (χ0n) is 31.9. The molecule has 3 fully saturated rings. The van der Waals surface area contributed by atoms with Crippen molar-refractivity contribution in [2.75, 3.05) is 55.6 Å². The standard InChI is InChI=1S/C43H44F5N7O3/c44-34-21-29(5-7-33(34)38-26(22-43(46,47)48)2-1-3-31-32(38)8-9-35-39(31)40(45)51-50-35)53-14-12-25(13-15-53)23-52-16-18-54(19-17-52)28-4-6-30-27(20-28)24-55(42(30)58)36-10-11-37(56)49-41(36)57/h4-9,20-21,25,36H,1-3,10-19,22-24H2,(H,50,51)(H,49,56,57)/t36-/m0/s1. The number of aromatic amines is 1. The first-order chi connectivity index (χ1) is 27.9. The first-order valence-electron chi connectivity index (χ1n) is 20.1. The number of hydrogen-bond donors (Lipinski definition) is 2. The number of amides is 3. The molecule has 5 aliphatic rings. The molecular weight excluding hydrogens is 758 g/mol. The quantitative estimate of drug-likeness (QED) is 0.158. The van der Waals surface area contributed by atoms with Gasteiger partial charge in [0.1, 0.15) is 11.9 Å². The van der Waals surface area contributed by atoms with Crippen LogP contribution in [0.2, 0.25) is 0 Å². The molecule has 15 heteroatoms. The number of aryl methyl sites for hydroxylation is 1. The second-order valence-corrected chi connectivity index (χ2v) is 16.3. The van der Waals surface area contributed by atoms with Crippen molar-refractivity contribution in [1.29, 1.82) is 0 Å². The maximum atomic E-state index is 16.2. The van der Waals surface area contributed by atoms with Crippen molar-refractivity contribution < 1.29 is 36.3 Å². The van der Waals surface area contributed by atoms with Crippen LogP contribution in [0.5, 0.6) is 0 Å². The van der Waals surface area contributed by atoms with E-state index in [4.69, 9.17) is 0 Å². The van der Waals surface area contributed by atoms with Crippen LogP contribution in [-0.4, -0.2) is 95.8 Å². The molecule has 3 saturated heterocycles. The third-order valence-electron chi connectivity index (χ3n) is 12.7. The van der Waals surface area contributed by atoms with Gasteiger partial charge in [0, 0.05) is 81.3 Å². The number of piperidine rings is 2. The van der Waals surface area contributed by atoms with E-state index in [1.54, 1.807) is 29.2 Å². The lowest BCUT2D eigenvalue weighted by Crippen LogP contribution is -2.52. The average Bonchev–Trinajstić information content (AvgIpc) is 3.68. The Kier molecular flexibility index (Phi) is 9.97. The number of anilines is 2. The molecule has 58 heavy (non-hydrogen) atoms. The predicted molar refractivity (Wildman–Crippen MR) is 208 cm³/mol. The SMILES string of the molecule is O=C1CC[C@H](N2Cc3cc(N4CCN(CC5CCN(c6ccc(C7=C(CC(F)(F)F)CCCc8c7ccc7n[nH]c(F)c87)c(F)c6)CC5)CC4)ccc3C2=O)C(=O)N1. The van der Waals surface area contributed by atoms with Gasteiger partial charge in [-0.3, -0.25) is 29.7 Å². The predicted octanol–water partition coefficient (Wildman–Crippen LogP) is 6.73. The van der Waals surface area contributed by atoms with Crippen LogP contribution in [0.25, 0.3) is 16.5 Å². The van der Waals surface area contributed by atoms with Crippen LogP contribution in [0.15, 0.2) is 54.1 Å². The van der Waals surface area contributed by atoms with Crippen LogP contribution in [0.3, 0.4) is 0 Å². The summed E-state index contributed by atoms with van der Waals surface area (Å²) in [6, 6.07) is 13.2. The summed E-state index contributed by atoms with van der Waals surface area (Å²) in [6.45, 7) is 6.21. The molecule has 3 aromatic carbocycles. The number of piperazine rings is 1. The number of benzene rings is 3. The Labute approximate surface area is 332 Å². The summed E-state index contributed by atoms with van der Waals surface area (Å²) in [5.41, 5.74) is 4.95. The molecule has 0 radical (unpaired) electrons. The third-order valence-corrected chi connectivity index (χ3v) is 12.7. The minimum Gasteiger partial charge on any atom is -0.371 e. The Morgan fingerprint density at radius 2 is 1.48 bits per heavy atom. The lowest BCUT2D eigenvalue weighted by molar-refractivity contribution is -0.137. The Hall–Kier alpha value is -5.31. The molecule has 9 rings (SSSR count). The fourth-order valence-corrected chi connectivity index (χ4v) is 9.77. The summed E-state index contributed by atoms with van der Waals surface area (Å²) in [6.07, 6.45) is -2.40. The highest BCUT2D eigenvalue weighted by molar-refractivity contribution is 6.05. The monoisotopic (exact) mass is 801 g/mol. The highest BCUT2D eigenvalue weighted by Gasteiger charge is 2.40. The van der Waals surface area contributed by atoms with Crippen molar-refractivity contribution in [3.8, 4) is 0 Å². The largest absolute Gasteiger partial charge is 0.392 e. The Morgan fingerprint density at radius 3 is 2.21 bits per heavy atom. The number of nitrogens with zero attached hydrogens (tertiary/aromatic N) is 5. The number of allylic oxidation sites excluding steroid dienone is 1. The molecule has 0 bridgehead atoms. The van der Waals surface area contributed by atoms with Gasteiger partial charge in [-0.1, -0.05) is 11.6 Å². The zero-order chi connectivity index (χ0) is 40.3. The average molecular weight is 802 g/mol. The van der Waals surface area contributed by atoms with Crippen molar-refractivity contribution >= 4 is 45.6 Å². The van der Waals surface area contributed by atoms with Crippen molar-refractivity contribution in [3.05, 3.63) is 93.7 Å². The van der Waals surface area contributed by atoms with Gasteiger partial charge in [0.15, 0.2) is 0 Å². The van der Waals surface area contributed by atoms with Gasteiger partial charge in [-0.2, -0.15) is 22.7 Å². The van der Waals surface area contributed by atoms with E-state index < -0.39 is 36.3 Å². The summed E-state index contributed by atoms with van der Waals surface area (Å²) < 4.78 is 72.6. The summed E-state index contributed by atoms with van der Waals surface area (Å²) in [4.78, 5) is 45.7. The van der Waals surface area contributed by atoms with E-state index in [1.165, 1.54) is 6.07 Å². The van der Waals surface area contributed by atoms with Gasteiger partial charge in [-0.25, -0.2) is 4.39 Å². The Bertz CT molecular complexity index is 2320. The smallest absolute Gasteiger partial charge is 0.371 e. The van der Waals surface area contributed by atoms with Crippen molar-refractivity contribution in [3.63, 3.8) is 0 Å². The van der Waals surface area contributed by atoms with Gasteiger partial charge in [-0.05, 0) is 109 Å². The summed E-state index contributed by atoms with van der Waals surface area (Å²) in [7, 11) is 0. The number of fused-ring (bicyclic) bond motifs is 4. The molecule has 2 N–H and O–H groups in total. The van der Waals surface area contributed by atoms with E-state index in [2.05, 4.69) is 30.2 Å². The number of carbonyl (C=O) groups excluding carboxylic acids is 3. The molecule has 4 aromatic rings. The lowest BCUT2D eigenvalue weighted by Gasteiger charge is -2.40. The number of hydrogen-bond acceptors (Lipinski definition) is 7. The van der Waals surface area contributed by atoms with Gasteiger partial charge in [-0.15, -0.1) is 0 Å². The Balaban J connectivity index is 0.821. The highest BCUT2D eigenvalue weighted by Crippen LogP contribution is 2.43. The van der Waals surface area contributed by atoms with Crippen LogP contribution < -0.4 is 15.1 Å². The summed E-state index contributed by atoms with van der Waals surface area (Å²) in [5.74, 6) is -1.69. The van der Waals surface area contributed by atoms with Crippen molar-refractivity contribution in [1.82, 2.24) is 25.3 Å². The second kappa shape index (κ2) is 15.1. The topological polar surface area (TPSA) is 105 Å². The molecule has 0 spiro atoms. The van der Waals surface area contributed by atoms with Crippen LogP contribution >= 0.6 is 0 Å². The number of rotatable bonds is 7. The minimum absolute atomic E-state index is 0.0889. The van der Waals surface area contributed by atoms with Gasteiger partial charge in [0.2, 0.25) is 17.8 Å². The molecule has 1 atom stereocenters. The molecule has 5 heterocycles. The van der Waals surface area contributed by atoms with E-state index in [-0.39, 0.29) is 46.8 Å². The number of halogens is 5. The summed E-state index contributed by atoms with van der Waals surface area (Å²) >= 11 is 0. The maximum absolute atomic E-state index is 16.2. The van der Waals surface area contributed by atoms with Crippen molar-refractivity contribution in [2.24, 2.45) is 5.92 Å². The minimum atomic E-state index is -4.49. The molecule has 0 unspecified atom stereocenters. The first-order valence-corrected chi connectivity index (χ1v) is 20.1. The second-order valence-electron chi connectivity index (χ2n) is 16.3. The fourth-order valence-electron chi connectivity index (χ4n) is 9.77. The summed E-state index contributed by atoms with van der Waals surface area (Å²) in [5, 5.41) is 8.92. The molecule has 3 amide bonds. The number of imide groups is 1. The molecule has 1 aromatic heterocycles. The van der Waals surface area contributed by atoms with E-state index in [9.17, 15) is 31.9 Å². The van der Waals surface area contributed by atoms with E-state index in [0.29, 0.717) is 59.6 Å². The fraction of sp³-hybridized carbons (Fsp3) is 0.442. The number of carbonyl (C=O) groups is 3. The van der Waals surface area contributed by atoms with E-state index in [1.807, 2.05) is 18.2 Å². The van der Waals surface area contributed by atoms with Crippen LogP contribution in [0, 0.1) is 17.7 Å². The maximum Gasteiger partial charge on any atom is 0.392 e. The number of alkyl halides is 3. The van der Waals surface area contributed by atoms with Gasteiger partial charge in [0.05, 0.1) is 17.3 Å². The molecule has 4 aliphatic heterocycles. The van der Waals surface area contributed by atoms with Gasteiger partial charge >= 0.3 is 6.18 Å². The number of aromatic nitrogens is 2. The third kappa shape index (κ3) is 7.33. The number of nitrogens with one attached hydrogen (secondary N) is 2. The van der Waals surface area contributed by atoms with Gasteiger partial charge in [0.25, 0.3) is 5.91 Å². The van der Waals surface area contributed by atoms with Crippen LogP contribution in [-0.2, 0) is 22.6 Å². The molecule has 10 nitrogen and oxygen atoms in total. The van der Waals surface area contributed by atoms with E-state index in [0.717, 1.165) is 69.9 Å². The molecule has 1 aliphatic carbocycles. The zero-order valence-corrected chi connectivity index (χ0v) is 31.9. The first kappa shape index (κ1) is 38.2. The van der Waals surface area contributed by atoms with Crippen molar-refractivity contribution in [2.45, 2.75) is 70.1 Å². The van der Waals surface area contributed by atoms with Crippen LogP contribution in [0.1, 0.15) is 77.6 Å². The lowest BCUT2D eigenvalue weighted by atomic mass is 9.88. The van der Waals surface area contributed by atoms with Gasteiger partial charge < -0.3 is 14.7 Å². The molecular formula is C43H44F5N7O3. The molecule has 304 valence electrons. The Morgan fingerprint density at radius 1 is 0.776 bits per heavy atom. The van der Waals surface area contributed by atoms with Crippen LogP contribution in [0.4, 0.5) is 33.3 Å².